The number of hydrogen-bond acceptors (Lipinski definition) is 4. The summed E-state index contributed by atoms with van der Waals surface area (Å²) in [7, 11) is 1.21. The second-order valence-electron chi connectivity index (χ2n) is 6.62. The first-order chi connectivity index (χ1) is 13.5. The van der Waals surface area contributed by atoms with E-state index in [1.807, 2.05) is 0 Å². The van der Waals surface area contributed by atoms with Gasteiger partial charge in [0.15, 0.2) is 11.6 Å². The quantitative estimate of drug-likeness (QED) is 0.733. The van der Waals surface area contributed by atoms with Crippen molar-refractivity contribution in [2.45, 2.75) is 25.4 Å². The fourth-order valence-electron chi connectivity index (χ4n) is 3.19. The molecule has 0 aliphatic heterocycles. The number of methoxy groups -OCH3 is 1. The number of ether oxygens (including phenoxy) is 1. The Balaban J connectivity index is 1.81. The highest BCUT2D eigenvalue weighted by Gasteiger charge is 2.30. The van der Waals surface area contributed by atoms with Crippen LogP contribution < -0.4 is 15.5 Å². The standard InChI is InChI=1S/C20H17F2N3O3/c1-28-19-16(22)15(21)8-13-17(19)25(12-5-6-12)10-14(18(13)26)20(27)24-9-11-4-2-3-7-23-11/h2-4,7-8,10,12H,5-6,9H2,1H3,(H,24,27). The number of amides is 1. The van der Waals surface area contributed by atoms with Crippen LogP contribution in [-0.4, -0.2) is 22.6 Å². The molecule has 1 aromatic carbocycles. The molecule has 0 unspecified atom stereocenters. The molecule has 8 heteroatoms. The first-order valence-corrected chi connectivity index (χ1v) is 8.80. The van der Waals surface area contributed by atoms with Crippen LogP contribution >= 0.6 is 0 Å². The number of benzene rings is 1. The zero-order valence-electron chi connectivity index (χ0n) is 15.0. The summed E-state index contributed by atoms with van der Waals surface area (Å²) in [4.78, 5) is 29.6. The van der Waals surface area contributed by atoms with E-state index in [1.54, 1.807) is 29.0 Å². The number of nitrogens with one attached hydrogen (secondary N) is 1. The molecule has 1 amide bonds. The van der Waals surface area contributed by atoms with Crippen molar-refractivity contribution < 1.29 is 18.3 Å². The SMILES string of the molecule is COc1c(F)c(F)cc2c(=O)c(C(=O)NCc3ccccn3)cn(C3CC3)c12. The van der Waals surface area contributed by atoms with Gasteiger partial charge < -0.3 is 14.6 Å². The summed E-state index contributed by atoms with van der Waals surface area (Å²) in [6.07, 6.45) is 4.63. The molecule has 3 aromatic rings. The Hall–Kier alpha value is -3.29. The Labute approximate surface area is 158 Å². The van der Waals surface area contributed by atoms with Gasteiger partial charge in [0.2, 0.25) is 11.2 Å². The summed E-state index contributed by atoms with van der Waals surface area (Å²) >= 11 is 0. The van der Waals surface area contributed by atoms with Crippen molar-refractivity contribution in [1.29, 1.82) is 0 Å². The van der Waals surface area contributed by atoms with Crippen molar-refractivity contribution in [2.24, 2.45) is 0 Å². The van der Waals surface area contributed by atoms with Gasteiger partial charge >= 0.3 is 0 Å². The molecular weight excluding hydrogens is 368 g/mol. The van der Waals surface area contributed by atoms with Gasteiger partial charge in [-0.15, -0.1) is 0 Å². The first-order valence-electron chi connectivity index (χ1n) is 8.80. The number of halogens is 2. The molecular formula is C20H17F2N3O3. The van der Waals surface area contributed by atoms with Gasteiger partial charge in [-0.1, -0.05) is 6.07 Å². The molecule has 0 bridgehead atoms. The highest BCUT2D eigenvalue weighted by Crippen LogP contribution is 2.40. The third-order valence-electron chi connectivity index (χ3n) is 4.71. The fourth-order valence-corrected chi connectivity index (χ4v) is 3.19. The van der Waals surface area contributed by atoms with Crippen LogP contribution in [-0.2, 0) is 6.54 Å². The minimum absolute atomic E-state index is 0.00389. The van der Waals surface area contributed by atoms with Crippen LogP contribution in [0.1, 0.15) is 34.9 Å². The van der Waals surface area contributed by atoms with E-state index in [0.29, 0.717) is 5.69 Å². The molecule has 6 nitrogen and oxygen atoms in total. The number of aromatic nitrogens is 2. The molecule has 28 heavy (non-hydrogen) atoms. The second kappa shape index (κ2) is 7.03. The van der Waals surface area contributed by atoms with Crippen molar-refractivity contribution in [2.75, 3.05) is 7.11 Å². The fraction of sp³-hybridized carbons (Fsp3) is 0.250. The van der Waals surface area contributed by atoms with Gasteiger partial charge in [0.25, 0.3) is 5.91 Å². The summed E-state index contributed by atoms with van der Waals surface area (Å²) in [5, 5.41) is 2.56. The summed E-state index contributed by atoms with van der Waals surface area (Å²) < 4.78 is 34.9. The Morgan fingerprint density at radius 3 is 2.79 bits per heavy atom. The molecule has 4 rings (SSSR count). The number of hydrogen-bond donors (Lipinski definition) is 1. The molecule has 1 fully saturated rings. The van der Waals surface area contributed by atoms with E-state index >= 15 is 0 Å². The molecule has 1 aliphatic rings. The van der Waals surface area contributed by atoms with Crippen LogP contribution in [0.5, 0.6) is 5.75 Å². The summed E-state index contributed by atoms with van der Waals surface area (Å²) in [5.41, 5.74) is -0.0184. The maximum absolute atomic E-state index is 14.2. The largest absolute Gasteiger partial charge is 0.491 e. The van der Waals surface area contributed by atoms with Crippen molar-refractivity contribution in [3.05, 3.63) is 69.8 Å². The average molecular weight is 385 g/mol. The lowest BCUT2D eigenvalue weighted by Gasteiger charge is -2.16. The van der Waals surface area contributed by atoms with Crippen molar-refractivity contribution in [1.82, 2.24) is 14.9 Å². The molecule has 144 valence electrons. The molecule has 0 radical (unpaired) electrons. The molecule has 1 aliphatic carbocycles. The first kappa shape index (κ1) is 18.1. The van der Waals surface area contributed by atoms with E-state index in [9.17, 15) is 18.4 Å². The predicted molar refractivity (Wildman–Crippen MR) is 98.4 cm³/mol. The van der Waals surface area contributed by atoms with E-state index in [1.165, 1.54) is 13.3 Å². The van der Waals surface area contributed by atoms with Gasteiger partial charge in [-0.3, -0.25) is 14.6 Å². The lowest BCUT2D eigenvalue weighted by Crippen LogP contribution is -2.30. The van der Waals surface area contributed by atoms with Crippen molar-refractivity contribution in [3.8, 4) is 5.75 Å². The average Bonchev–Trinajstić information content (AvgIpc) is 3.54. The third kappa shape index (κ3) is 3.11. The number of nitrogens with zero attached hydrogens (tertiary/aromatic N) is 2. The summed E-state index contributed by atoms with van der Waals surface area (Å²) in [6.45, 7) is 0.141. The van der Waals surface area contributed by atoms with Crippen LogP contribution in [0.2, 0.25) is 0 Å². The molecule has 0 saturated heterocycles. The Morgan fingerprint density at radius 1 is 1.36 bits per heavy atom. The van der Waals surface area contributed by atoms with E-state index in [-0.39, 0.29) is 34.8 Å². The van der Waals surface area contributed by atoms with E-state index < -0.39 is 23.0 Å². The van der Waals surface area contributed by atoms with Crippen LogP contribution in [0.4, 0.5) is 8.78 Å². The summed E-state index contributed by atoms with van der Waals surface area (Å²) in [5.74, 6) is -3.29. The second-order valence-corrected chi connectivity index (χ2v) is 6.62. The van der Waals surface area contributed by atoms with E-state index in [0.717, 1.165) is 18.9 Å². The smallest absolute Gasteiger partial charge is 0.257 e. The Bertz CT molecular complexity index is 1130. The molecule has 2 heterocycles. The van der Waals surface area contributed by atoms with Crippen molar-refractivity contribution in [3.63, 3.8) is 0 Å². The lowest BCUT2D eigenvalue weighted by atomic mass is 10.1. The van der Waals surface area contributed by atoms with Gasteiger partial charge in [-0.25, -0.2) is 4.39 Å². The topological polar surface area (TPSA) is 73.2 Å². The molecule has 0 spiro atoms. The van der Waals surface area contributed by atoms with Crippen LogP contribution in [0.3, 0.4) is 0 Å². The number of carbonyl (C=O) groups is 1. The number of carbonyl (C=O) groups excluding carboxylic acids is 1. The Morgan fingerprint density at radius 2 is 2.14 bits per heavy atom. The van der Waals surface area contributed by atoms with Gasteiger partial charge in [0.1, 0.15) is 5.56 Å². The minimum Gasteiger partial charge on any atom is -0.491 e. The zero-order valence-corrected chi connectivity index (χ0v) is 15.0. The van der Waals surface area contributed by atoms with Gasteiger partial charge in [0.05, 0.1) is 30.3 Å². The minimum atomic E-state index is -1.20. The third-order valence-corrected chi connectivity index (χ3v) is 4.71. The van der Waals surface area contributed by atoms with Crippen LogP contribution in [0.15, 0.2) is 41.5 Å². The monoisotopic (exact) mass is 385 g/mol. The van der Waals surface area contributed by atoms with Gasteiger partial charge in [0, 0.05) is 18.4 Å². The van der Waals surface area contributed by atoms with E-state index in [2.05, 4.69) is 10.3 Å². The maximum atomic E-state index is 14.2. The van der Waals surface area contributed by atoms with Gasteiger partial charge in [-0.2, -0.15) is 4.39 Å². The van der Waals surface area contributed by atoms with E-state index in [4.69, 9.17) is 4.74 Å². The number of fused-ring (bicyclic) bond motifs is 1. The molecule has 1 N–H and O–H groups in total. The molecule has 0 atom stereocenters. The van der Waals surface area contributed by atoms with Crippen molar-refractivity contribution >= 4 is 16.8 Å². The molecule has 1 saturated carbocycles. The zero-order chi connectivity index (χ0) is 19.8. The number of pyridine rings is 2. The normalized spacial score (nSPS) is 13.5. The Kier molecular flexibility index (Phi) is 4.54. The molecule has 2 aromatic heterocycles. The van der Waals surface area contributed by atoms with Crippen LogP contribution in [0, 0.1) is 11.6 Å². The maximum Gasteiger partial charge on any atom is 0.257 e. The highest BCUT2D eigenvalue weighted by atomic mass is 19.2. The highest BCUT2D eigenvalue weighted by molar-refractivity contribution is 5.98. The van der Waals surface area contributed by atoms with Crippen LogP contribution in [0.25, 0.3) is 10.9 Å². The summed E-state index contributed by atoms with van der Waals surface area (Å²) in [6, 6.07) is 6.11. The van der Waals surface area contributed by atoms with Gasteiger partial charge in [-0.05, 0) is 31.0 Å². The predicted octanol–water partition coefficient (Wildman–Crippen LogP) is 2.95. The number of rotatable bonds is 5. The lowest BCUT2D eigenvalue weighted by molar-refractivity contribution is 0.0948.